The molecule has 0 bridgehead atoms. The van der Waals surface area contributed by atoms with Crippen LogP contribution in [0.3, 0.4) is 0 Å². The van der Waals surface area contributed by atoms with E-state index in [0.717, 1.165) is 11.1 Å². The quantitative estimate of drug-likeness (QED) is 0.502. The molecule has 1 saturated carbocycles. The minimum Gasteiger partial charge on any atom is -0.447 e. The first-order chi connectivity index (χ1) is 13.6. The molecule has 0 saturated heterocycles. The van der Waals surface area contributed by atoms with Crippen molar-refractivity contribution < 1.29 is 31.5 Å². The van der Waals surface area contributed by atoms with Crippen LogP contribution in [0, 0.1) is 5.92 Å². The first-order valence-corrected chi connectivity index (χ1v) is 9.40. The Hall–Kier alpha value is -2.45. The van der Waals surface area contributed by atoms with E-state index in [0.29, 0.717) is 12.8 Å². The van der Waals surface area contributed by atoms with Gasteiger partial charge in [0, 0.05) is 0 Å². The molecule has 1 aromatic heterocycles. The molecular formula is C20H19F5N2O2. The second kappa shape index (κ2) is 6.81. The predicted octanol–water partition coefficient (Wildman–Crippen LogP) is 5.35. The zero-order chi connectivity index (χ0) is 21.0. The molecule has 1 aromatic carbocycles. The molecule has 0 spiro atoms. The molecule has 4 nitrogen and oxygen atoms in total. The molecule has 2 aromatic rings. The van der Waals surface area contributed by atoms with Crippen molar-refractivity contribution in [2.45, 2.75) is 56.9 Å². The second-order valence-corrected chi connectivity index (χ2v) is 7.81. The highest BCUT2D eigenvalue weighted by Gasteiger charge is 2.58. The number of alkyl halides is 5. The Labute approximate surface area is 163 Å². The van der Waals surface area contributed by atoms with Gasteiger partial charge >= 0.3 is 12.1 Å². The summed E-state index contributed by atoms with van der Waals surface area (Å²) in [4.78, 5) is 12.3. The van der Waals surface area contributed by atoms with Crippen LogP contribution in [-0.2, 0) is 17.3 Å². The topological polar surface area (TPSA) is 44.1 Å². The molecule has 1 heterocycles. The molecule has 2 aliphatic rings. The van der Waals surface area contributed by atoms with Gasteiger partial charge in [-0.15, -0.1) is 0 Å². The molecule has 0 N–H and O–H groups in total. The summed E-state index contributed by atoms with van der Waals surface area (Å²) in [6.07, 6.45) is -6.25. The molecule has 29 heavy (non-hydrogen) atoms. The molecule has 0 radical (unpaired) electrons. The average Bonchev–Trinajstić information content (AvgIpc) is 3.29. The van der Waals surface area contributed by atoms with Gasteiger partial charge in [0.2, 0.25) is 0 Å². The van der Waals surface area contributed by atoms with Gasteiger partial charge in [0.25, 0.3) is 5.92 Å². The maximum absolute atomic E-state index is 14.7. The smallest absolute Gasteiger partial charge is 0.435 e. The van der Waals surface area contributed by atoms with Crippen molar-refractivity contribution in [1.82, 2.24) is 9.78 Å². The third kappa shape index (κ3) is 3.51. The highest BCUT2D eigenvalue weighted by Crippen LogP contribution is 2.52. The number of nitrogens with zero attached hydrogens (tertiary/aromatic N) is 2. The lowest BCUT2D eigenvalue weighted by Gasteiger charge is -2.21. The predicted molar refractivity (Wildman–Crippen MR) is 92.5 cm³/mol. The van der Waals surface area contributed by atoms with Gasteiger partial charge in [0.1, 0.15) is 0 Å². The first-order valence-electron chi connectivity index (χ1n) is 9.40. The number of ether oxygens (including phenoxy) is 1. The van der Waals surface area contributed by atoms with Crippen LogP contribution >= 0.6 is 0 Å². The van der Waals surface area contributed by atoms with Crippen molar-refractivity contribution in [1.29, 1.82) is 0 Å². The Morgan fingerprint density at radius 1 is 1.21 bits per heavy atom. The fourth-order valence-corrected chi connectivity index (χ4v) is 4.27. The molecule has 156 valence electrons. The second-order valence-electron chi connectivity index (χ2n) is 7.81. The summed E-state index contributed by atoms with van der Waals surface area (Å²) in [7, 11) is 0. The van der Waals surface area contributed by atoms with Crippen LogP contribution in [0.15, 0.2) is 30.3 Å². The Morgan fingerprint density at radius 2 is 1.90 bits per heavy atom. The van der Waals surface area contributed by atoms with E-state index < -0.39 is 41.9 Å². The molecule has 9 heteroatoms. The fourth-order valence-electron chi connectivity index (χ4n) is 4.27. The molecule has 3 atom stereocenters. The van der Waals surface area contributed by atoms with Crippen LogP contribution in [0.2, 0.25) is 0 Å². The summed E-state index contributed by atoms with van der Waals surface area (Å²) >= 11 is 0. The summed E-state index contributed by atoms with van der Waals surface area (Å²) in [6, 6.07) is 6.97. The third-order valence-electron chi connectivity index (χ3n) is 5.62. The Kier molecular flexibility index (Phi) is 4.66. The standard InChI is InChI=1S/C20H19F5N2O2/c1-11-7-8-13(9-11)27-14-10-19(21,22)17(15(14)16(26-27)20(23,24)25)29-18(28)12-5-3-2-4-6-12/h2-6,11,13,17H,7-10H2,1H3/t11-,13-,17-/m0/s1. The first kappa shape index (κ1) is 19.8. The average molecular weight is 414 g/mol. The summed E-state index contributed by atoms with van der Waals surface area (Å²) in [5.74, 6) is -4.47. The van der Waals surface area contributed by atoms with Crippen LogP contribution in [0.1, 0.15) is 65.6 Å². The van der Waals surface area contributed by atoms with Crippen LogP contribution < -0.4 is 0 Å². The van der Waals surface area contributed by atoms with E-state index >= 15 is 0 Å². The fraction of sp³-hybridized carbons (Fsp3) is 0.500. The molecule has 2 aliphatic carbocycles. The number of rotatable bonds is 3. The minimum atomic E-state index is -4.93. The largest absolute Gasteiger partial charge is 0.447 e. The lowest BCUT2D eigenvalue weighted by Crippen LogP contribution is -2.29. The maximum Gasteiger partial charge on any atom is 0.435 e. The number of carbonyl (C=O) groups is 1. The number of carbonyl (C=O) groups excluding carboxylic acids is 1. The molecular weight excluding hydrogens is 395 g/mol. The van der Waals surface area contributed by atoms with Gasteiger partial charge < -0.3 is 4.74 Å². The lowest BCUT2D eigenvalue weighted by atomic mass is 10.1. The number of halogens is 5. The van der Waals surface area contributed by atoms with Gasteiger partial charge in [-0.05, 0) is 37.3 Å². The minimum absolute atomic E-state index is 0.0117. The van der Waals surface area contributed by atoms with E-state index in [-0.39, 0.29) is 23.2 Å². The SMILES string of the molecule is C[C@H]1CC[C@H](n2nc(C(F)(F)F)c3c2CC(F)(F)[C@H]3OC(=O)c2ccccc2)C1. The Morgan fingerprint density at radius 3 is 2.48 bits per heavy atom. The third-order valence-corrected chi connectivity index (χ3v) is 5.62. The monoisotopic (exact) mass is 414 g/mol. The van der Waals surface area contributed by atoms with Crippen molar-refractivity contribution in [3.63, 3.8) is 0 Å². The van der Waals surface area contributed by atoms with E-state index in [9.17, 15) is 26.7 Å². The zero-order valence-corrected chi connectivity index (χ0v) is 15.5. The van der Waals surface area contributed by atoms with Gasteiger partial charge in [-0.2, -0.15) is 18.3 Å². The van der Waals surface area contributed by atoms with Crippen molar-refractivity contribution >= 4 is 5.97 Å². The summed E-state index contributed by atoms with van der Waals surface area (Å²) < 4.78 is 76.4. The molecule has 1 fully saturated rings. The molecule has 0 amide bonds. The summed E-state index contributed by atoms with van der Waals surface area (Å²) in [6.45, 7) is 1.97. The molecule has 0 aliphatic heterocycles. The van der Waals surface area contributed by atoms with Crippen molar-refractivity contribution in [3.8, 4) is 0 Å². The number of esters is 1. The normalized spacial score (nSPS) is 25.8. The van der Waals surface area contributed by atoms with Crippen molar-refractivity contribution in [3.05, 3.63) is 52.8 Å². The lowest BCUT2D eigenvalue weighted by molar-refractivity contribution is -0.147. The van der Waals surface area contributed by atoms with Gasteiger partial charge in [0.05, 0.1) is 29.3 Å². The zero-order valence-electron chi connectivity index (χ0n) is 15.5. The van der Waals surface area contributed by atoms with Crippen LogP contribution in [-0.4, -0.2) is 21.7 Å². The van der Waals surface area contributed by atoms with E-state index in [1.54, 1.807) is 6.07 Å². The molecule has 0 unspecified atom stereocenters. The van der Waals surface area contributed by atoms with Crippen LogP contribution in [0.4, 0.5) is 22.0 Å². The number of aromatic nitrogens is 2. The Bertz CT molecular complexity index is 923. The van der Waals surface area contributed by atoms with Gasteiger partial charge in [-0.1, -0.05) is 25.1 Å². The van der Waals surface area contributed by atoms with E-state index in [4.69, 9.17) is 4.74 Å². The molecule has 4 rings (SSSR count). The van der Waals surface area contributed by atoms with Gasteiger partial charge in [-0.3, -0.25) is 4.68 Å². The highest BCUT2D eigenvalue weighted by molar-refractivity contribution is 5.89. The number of hydrogen-bond acceptors (Lipinski definition) is 3. The summed E-state index contributed by atoms with van der Waals surface area (Å²) in [5.41, 5.74) is -2.31. The van der Waals surface area contributed by atoms with E-state index in [1.807, 2.05) is 6.92 Å². The van der Waals surface area contributed by atoms with Crippen molar-refractivity contribution in [2.24, 2.45) is 5.92 Å². The number of benzene rings is 1. The maximum atomic E-state index is 14.7. The van der Waals surface area contributed by atoms with Crippen molar-refractivity contribution in [2.75, 3.05) is 0 Å². The Balaban J connectivity index is 1.76. The van der Waals surface area contributed by atoms with Crippen LogP contribution in [0.5, 0.6) is 0 Å². The van der Waals surface area contributed by atoms with Crippen LogP contribution in [0.25, 0.3) is 0 Å². The van der Waals surface area contributed by atoms with Gasteiger partial charge in [-0.25, -0.2) is 13.6 Å². The van der Waals surface area contributed by atoms with E-state index in [1.165, 1.54) is 24.3 Å². The number of fused-ring (bicyclic) bond motifs is 1. The highest BCUT2D eigenvalue weighted by atomic mass is 19.4. The van der Waals surface area contributed by atoms with Gasteiger partial charge in [0.15, 0.2) is 11.8 Å². The van der Waals surface area contributed by atoms with E-state index in [2.05, 4.69) is 5.10 Å². The summed E-state index contributed by atoms with van der Waals surface area (Å²) in [5, 5.41) is 3.68. The number of hydrogen-bond donors (Lipinski definition) is 0.